The van der Waals surface area contributed by atoms with Gasteiger partial charge in [0.25, 0.3) is 0 Å². The van der Waals surface area contributed by atoms with Crippen molar-refractivity contribution < 1.29 is 9.53 Å². The highest BCUT2D eigenvalue weighted by molar-refractivity contribution is 5.92. The largest absolute Gasteiger partial charge is 0.494 e. The Balaban J connectivity index is 1.81. The summed E-state index contributed by atoms with van der Waals surface area (Å²) in [5.41, 5.74) is 6.79. The number of likely N-dealkylation sites (tertiary alicyclic amines) is 1. The molecule has 0 radical (unpaired) electrons. The molecule has 5 heteroatoms. The van der Waals surface area contributed by atoms with Crippen LogP contribution in [0.15, 0.2) is 24.3 Å². The van der Waals surface area contributed by atoms with Gasteiger partial charge in [-0.15, -0.1) is 0 Å². The number of hydrogen-bond donors (Lipinski definition) is 2. The number of amides is 1. The molecule has 0 aliphatic carbocycles. The number of nitrogens with zero attached hydrogens (tertiary/aromatic N) is 1. The normalized spacial score (nSPS) is 22.8. The molecule has 3 N–H and O–H groups in total. The third-order valence-corrected chi connectivity index (χ3v) is 3.87. The van der Waals surface area contributed by atoms with Crippen LogP contribution in [0.2, 0.25) is 0 Å². The van der Waals surface area contributed by atoms with E-state index in [4.69, 9.17) is 10.5 Å². The molecule has 0 spiro atoms. The average molecular weight is 291 g/mol. The summed E-state index contributed by atoms with van der Waals surface area (Å²) < 4.78 is 5.38. The van der Waals surface area contributed by atoms with E-state index in [2.05, 4.69) is 17.1 Å². The topological polar surface area (TPSA) is 67.6 Å². The minimum Gasteiger partial charge on any atom is -0.494 e. The average Bonchev–Trinajstić information content (AvgIpc) is 2.45. The molecule has 1 aliphatic rings. The summed E-state index contributed by atoms with van der Waals surface area (Å²) in [4.78, 5) is 14.2. The highest BCUT2D eigenvalue weighted by atomic mass is 16.5. The minimum absolute atomic E-state index is 0.0156. The van der Waals surface area contributed by atoms with Crippen LogP contribution in [0.5, 0.6) is 5.75 Å². The Bertz CT molecular complexity index is 461. The van der Waals surface area contributed by atoms with Crippen molar-refractivity contribution in [2.24, 2.45) is 11.7 Å². The smallest absolute Gasteiger partial charge is 0.238 e. The zero-order chi connectivity index (χ0) is 15.2. The molecule has 0 saturated carbocycles. The maximum Gasteiger partial charge on any atom is 0.238 e. The summed E-state index contributed by atoms with van der Waals surface area (Å²) in [6.45, 7) is 6.92. The summed E-state index contributed by atoms with van der Waals surface area (Å²) in [6, 6.07) is 7.70. The molecule has 5 nitrogen and oxygen atoms in total. The molecule has 1 fully saturated rings. The van der Waals surface area contributed by atoms with Crippen molar-refractivity contribution in [1.82, 2.24) is 4.90 Å². The van der Waals surface area contributed by atoms with Gasteiger partial charge in [0.1, 0.15) is 5.75 Å². The quantitative estimate of drug-likeness (QED) is 0.866. The third kappa shape index (κ3) is 4.72. The predicted molar refractivity (Wildman–Crippen MR) is 84.4 cm³/mol. The van der Waals surface area contributed by atoms with Crippen molar-refractivity contribution in [3.8, 4) is 5.75 Å². The van der Waals surface area contributed by atoms with E-state index in [9.17, 15) is 4.79 Å². The lowest BCUT2D eigenvalue weighted by Crippen LogP contribution is -2.48. The van der Waals surface area contributed by atoms with Gasteiger partial charge in [0, 0.05) is 24.8 Å². The molecule has 1 saturated heterocycles. The first-order chi connectivity index (χ1) is 10.1. The SMILES string of the molecule is CCOc1ccc(NC(=O)CN2CCC(N)C(C)C2)cc1. The third-order valence-electron chi connectivity index (χ3n) is 3.87. The molecular weight excluding hydrogens is 266 g/mol. The minimum atomic E-state index is 0.0156. The van der Waals surface area contributed by atoms with Crippen LogP contribution in [-0.2, 0) is 4.79 Å². The van der Waals surface area contributed by atoms with Crippen molar-refractivity contribution in [2.45, 2.75) is 26.3 Å². The lowest BCUT2D eigenvalue weighted by atomic mass is 9.95. The molecule has 2 rings (SSSR count). The lowest BCUT2D eigenvalue weighted by molar-refractivity contribution is -0.117. The van der Waals surface area contributed by atoms with Crippen molar-refractivity contribution >= 4 is 11.6 Å². The van der Waals surface area contributed by atoms with Crippen molar-refractivity contribution in [3.05, 3.63) is 24.3 Å². The van der Waals surface area contributed by atoms with Gasteiger partial charge in [-0.25, -0.2) is 0 Å². The molecule has 2 atom stereocenters. The molecule has 2 unspecified atom stereocenters. The lowest BCUT2D eigenvalue weighted by Gasteiger charge is -2.34. The molecule has 0 bridgehead atoms. The Morgan fingerprint density at radius 1 is 1.43 bits per heavy atom. The Morgan fingerprint density at radius 2 is 2.14 bits per heavy atom. The van der Waals surface area contributed by atoms with Gasteiger partial charge in [-0.2, -0.15) is 0 Å². The van der Waals surface area contributed by atoms with Gasteiger partial charge in [-0.1, -0.05) is 6.92 Å². The van der Waals surface area contributed by atoms with Crippen LogP contribution in [0.1, 0.15) is 20.3 Å². The van der Waals surface area contributed by atoms with Crippen LogP contribution in [0.4, 0.5) is 5.69 Å². The summed E-state index contributed by atoms with van der Waals surface area (Å²) in [6.07, 6.45) is 0.956. The van der Waals surface area contributed by atoms with Crippen molar-refractivity contribution in [2.75, 3.05) is 31.6 Å². The van der Waals surface area contributed by atoms with Gasteiger partial charge < -0.3 is 15.8 Å². The molecule has 1 heterocycles. The van der Waals surface area contributed by atoms with E-state index < -0.39 is 0 Å². The van der Waals surface area contributed by atoms with E-state index in [1.807, 2.05) is 31.2 Å². The zero-order valence-corrected chi connectivity index (χ0v) is 12.8. The molecule has 1 aromatic rings. The van der Waals surface area contributed by atoms with E-state index in [1.54, 1.807) is 0 Å². The van der Waals surface area contributed by atoms with Gasteiger partial charge in [-0.05, 0) is 43.5 Å². The van der Waals surface area contributed by atoms with Gasteiger partial charge in [-0.3, -0.25) is 9.69 Å². The first-order valence-electron chi connectivity index (χ1n) is 7.59. The summed E-state index contributed by atoms with van der Waals surface area (Å²) >= 11 is 0. The predicted octanol–water partition coefficient (Wildman–Crippen LogP) is 1.69. The molecular formula is C16H25N3O2. The first-order valence-corrected chi connectivity index (χ1v) is 7.59. The number of carbonyl (C=O) groups excluding carboxylic acids is 1. The van der Waals surface area contributed by atoms with Crippen LogP contribution >= 0.6 is 0 Å². The van der Waals surface area contributed by atoms with E-state index in [1.165, 1.54) is 0 Å². The first kappa shape index (κ1) is 15.8. The fourth-order valence-corrected chi connectivity index (χ4v) is 2.60. The van der Waals surface area contributed by atoms with Gasteiger partial charge in [0.05, 0.1) is 13.2 Å². The highest BCUT2D eigenvalue weighted by Gasteiger charge is 2.24. The monoisotopic (exact) mass is 291 g/mol. The second-order valence-electron chi connectivity index (χ2n) is 5.67. The van der Waals surface area contributed by atoms with Gasteiger partial charge in [0.15, 0.2) is 0 Å². The molecule has 1 aliphatic heterocycles. The second kappa shape index (κ2) is 7.43. The fourth-order valence-electron chi connectivity index (χ4n) is 2.60. The number of rotatable bonds is 5. The molecule has 1 amide bonds. The Kier molecular flexibility index (Phi) is 5.59. The van der Waals surface area contributed by atoms with Crippen molar-refractivity contribution in [1.29, 1.82) is 0 Å². The highest BCUT2D eigenvalue weighted by Crippen LogP contribution is 2.17. The molecule has 21 heavy (non-hydrogen) atoms. The Hall–Kier alpha value is -1.59. The number of carbonyl (C=O) groups is 1. The van der Waals surface area contributed by atoms with Gasteiger partial charge >= 0.3 is 0 Å². The summed E-state index contributed by atoms with van der Waals surface area (Å²) in [5, 5.41) is 2.92. The maximum atomic E-state index is 12.1. The number of nitrogens with two attached hydrogens (primary N) is 1. The number of hydrogen-bond acceptors (Lipinski definition) is 4. The van der Waals surface area contributed by atoms with Crippen LogP contribution in [0.25, 0.3) is 0 Å². The zero-order valence-electron chi connectivity index (χ0n) is 12.8. The number of ether oxygens (including phenoxy) is 1. The number of piperidine rings is 1. The molecule has 1 aromatic carbocycles. The van der Waals surface area contributed by atoms with E-state index in [0.29, 0.717) is 19.1 Å². The fraction of sp³-hybridized carbons (Fsp3) is 0.562. The second-order valence-corrected chi connectivity index (χ2v) is 5.67. The van der Waals surface area contributed by atoms with E-state index in [0.717, 1.165) is 30.9 Å². The molecule has 0 aromatic heterocycles. The van der Waals surface area contributed by atoms with Crippen LogP contribution in [0.3, 0.4) is 0 Å². The summed E-state index contributed by atoms with van der Waals surface area (Å²) in [7, 11) is 0. The Labute approximate surface area is 126 Å². The summed E-state index contributed by atoms with van der Waals surface area (Å²) in [5.74, 6) is 1.27. The standard InChI is InChI=1S/C16H25N3O2/c1-3-21-14-6-4-13(5-7-14)18-16(20)11-19-9-8-15(17)12(2)10-19/h4-7,12,15H,3,8-11,17H2,1-2H3,(H,18,20). The van der Waals surface area contributed by atoms with Crippen LogP contribution in [-0.4, -0.2) is 43.1 Å². The number of nitrogens with one attached hydrogen (secondary N) is 1. The van der Waals surface area contributed by atoms with Gasteiger partial charge in [0.2, 0.25) is 5.91 Å². The Morgan fingerprint density at radius 3 is 2.76 bits per heavy atom. The van der Waals surface area contributed by atoms with Crippen LogP contribution in [0, 0.1) is 5.92 Å². The molecule has 116 valence electrons. The van der Waals surface area contributed by atoms with E-state index in [-0.39, 0.29) is 11.9 Å². The van der Waals surface area contributed by atoms with Crippen LogP contribution < -0.4 is 15.8 Å². The maximum absolute atomic E-state index is 12.1. The van der Waals surface area contributed by atoms with E-state index >= 15 is 0 Å². The van der Waals surface area contributed by atoms with Crippen molar-refractivity contribution in [3.63, 3.8) is 0 Å². The number of benzene rings is 1. The number of anilines is 1.